The molecule has 0 radical (unpaired) electrons. The Bertz CT molecular complexity index is 1430. The zero-order chi connectivity index (χ0) is 25.7. The number of benzene rings is 2. The van der Waals surface area contributed by atoms with Gasteiger partial charge in [-0.15, -0.1) is 4.74 Å². The molecule has 0 spiro atoms. The van der Waals surface area contributed by atoms with Gasteiger partial charge in [0.15, 0.2) is 0 Å². The Kier molecular flexibility index (Phi) is 7.70. The molecule has 0 saturated heterocycles. The number of hydrogen-bond donors (Lipinski definition) is 2. The zero-order valence-electron chi connectivity index (χ0n) is 20.5. The number of aromatic amines is 1. The van der Waals surface area contributed by atoms with Gasteiger partial charge in [-0.1, -0.05) is 30.3 Å². The SMILES string of the molecule is Cc1nc(OCC[C@H](C)O)ccc1-c1cccc(COc2ccc(Cn3oc(=O)[nH]c3=O)cc2)c1C. The van der Waals surface area contributed by atoms with Gasteiger partial charge >= 0.3 is 11.4 Å². The van der Waals surface area contributed by atoms with Gasteiger partial charge < -0.3 is 19.1 Å². The Labute approximate surface area is 207 Å². The van der Waals surface area contributed by atoms with Crippen LogP contribution in [0.2, 0.25) is 0 Å². The number of H-pyrrole nitrogens is 1. The second-order valence-corrected chi connectivity index (χ2v) is 8.64. The fourth-order valence-corrected chi connectivity index (χ4v) is 3.80. The molecule has 36 heavy (non-hydrogen) atoms. The molecule has 9 heteroatoms. The molecule has 0 amide bonds. The summed E-state index contributed by atoms with van der Waals surface area (Å²) in [4.78, 5) is 29.4. The van der Waals surface area contributed by atoms with E-state index in [-0.39, 0.29) is 6.54 Å². The smallest absolute Gasteiger partial charge is 0.440 e. The number of nitrogens with zero attached hydrogens (tertiary/aromatic N) is 2. The van der Waals surface area contributed by atoms with Crippen molar-refractivity contribution < 1.29 is 19.1 Å². The van der Waals surface area contributed by atoms with Crippen LogP contribution in [0.1, 0.15) is 35.7 Å². The number of pyridine rings is 1. The number of aryl methyl sites for hydroxylation is 1. The van der Waals surface area contributed by atoms with Crippen molar-refractivity contribution in [2.45, 2.75) is 46.4 Å². The van der Waals surface area contributed by atoms with Crippen molar-refractivity contribution in [3.05, 3.63) is 98.0 Å². The highest BCUT2D eigenvalue weighted by Gasteiger charge is 2.12. The Morgan fingerprint density at radius 1 is 1.03 bits per heavy atom. The second kappa shape index (κ2) is 11.1. The van der Waals surface area contributed by atoms with Gasteiger partial charge in [-0.05, 0) is 61.2 Å². The number of aromatic nitrogens is 3. The van der Waals surface area contributed by atoms with Gasteiger partial charge in [-0.25, -0.2) is 19.6 Å². The lowest BCUT2D eigenvalue weighted by Gasteiger charge is -2.15. The van der Waals surface area contributed by atoms with E-state index in [0.29, 0.717) is 31.3 Å². The van der Waals surface area contributed by atoms with Crippen LogP contribution in [-0.2, 0) is 13.2 Å². The van der Waals surface area contributed by atoms with Crippen LogP contribution in [-0.4, -0.2) is 32.5 Å². The maximum absolute atomic E-state index is 11.6. The minimum Gasteiger partial charge on any atom is -0.489 e. The van der Waals surface area contributed by atoms with E-state index in [4.69, 9.17) is 14.0 Å². The molecule has 0 aliphatic carbocycles. The third-order valence-corrected chi connectivity index (χ3v) is 5.85. The normalized spacial score (nSPS) is 11.9. The summed E-state index contributed by atoms with van der Waals surface area (Å²) in [5.41, 5.74) is 5.32. The van der Waals surface area contributed by atoms with Gasteiger partial charge in [0, 0.05) is 23.7 Å². The monoisotopic (exact) mass is 491 g/mol. The molecule has 2 heterocycles. The van der Waals surface area contributed by atoms with Gasteiger partial charge in [0.2, 0.25) is 5.88 Å². The third kappa shape index (κ3) is 6.11. The fraction of sp³-hybridized carbons (Fsp3) is 0.296. The van der Waals surface area contributed by atoms with E-state index < -0.39 is 17.5 Å². The highest BCUT2D eigenvalue weighted by molar-refractivity contribution is 5.70. The molecule has 2 N–H and O–H groups in total. The quantitative estimate of drug-likeness (QED) is 0.348. The highest BCUT2D eigenvalue weighted by atomic mass is 16.5. The van der Waals surface area contributed by atoms with Crippen LogP contribution < -0.4 is 20.9 Å². The Morgan fingerprint density at radius 3 is 2.47 bits per heavy atom. The van der Waals surface area contributed by atoms with E-state index in [1.165, 1.54) is 0 Å². The van der Waals surface area contributed by atoms with Crippen molar-refractivity contribution in [1.82, 2.24) is 14.7 Å². The number of rotatable bonds is 10. The average Bonchev–Trinajstić information content (AvgIpc) is 3.16. The van der Waals surface area contributed by atoms with Gasteiger partial charge in [-0.2, -0.15) is 0 Å². The van der Waals surface area contributed by atoms with Crippen molar-refractivity contribution in [2.75, 3.05) is 6.61 Å². The lowest BCUT2D eigenvalue weighted by molar-refractivity contribution is 0.154. The molecule has 0 bridgehead atoms. The number of aliphatic hydroxyl groups is 1. The summed E-state index contributed by atoms with van der Waals surface area (Å²) in [6.07, 6.45) is 0.146. The van der Waals surface area contributed by atoms with Gasteiger partial charge in [0.25, 0.3) is 0 Å². The van der Waals surface area contributed by atoms with Crippen molar-refractivity contribution in [3.8, 4) is 22.8 Å². The number of aliphatic hydroxyl groups excluding tert-OH is 1. The molecule has 0 aliphatic rings. The van der Waals surface area contributed by atoms with E-state index in [0.717, 1.165) is 38.3 Å². The minimum absolute atomic E-state index is 0.150. The first-order valence-electron chi connectivity index (χ1n) is 11.7. The lowest BCUT2D eigenvalue weighted by Crippen LogP contribution is -2.17. The lowest BCUT2D eigenvalue weighted by atomic mass is 9.96. The van der Waals surface area contributed by atoms with Gasteiger partial charge in [0.1, 0.15) is 12.4 Å². The first-order chi connectivity index (χ1) is 17.3. The molecule has 2 aromatic heterocycles. The largest absolute Gasteiger partial charge is 0.489 e. The Balaban J connectivity index is 1.42. The van der Waals surface area contributed by atoms with Crippen LogP contribution in [0.5, 0.6) is 11.6 Å². The first kappa shape index (κ1) is 25.0. The maximum atomic E-state index is 11.6. The molecule has 0 fully saturated rings. The van der Waals surface area contributed by atoms with Crippen molar-refractivity contribution in [3.63, 3.8) is 0 Å². The fourth-order valence-electron chi connectivity index (χ4n) is 3.80. The van der Waals surface area contributed by atoms with Crippen LogP contribution in [0.15, 0.2) is 68.7 Å². The summed E-state index contributed by atoms with van der Waals surface area (Å²) in [6, 6.07) is 17.2. The second-order valence-electron chi connectivity index (χ2n) is 8.64. The maximum Gasteiger partial charge on any atom is 0.440 e. The summed E-state index contributed by atoms with van der Waals surface area (Å²) < 4.78 is 17.4. The van der Waals surface area contributed by atoms with Crippen LogP contribution in [0.25, 0.3) is 11.1 Å². The molecule has 1 atom stereocenters. The summed E-state index contributed by atoms with van der Waals surface area (Å²) >= 11 is 0. The predicted octanol–water partition coefficient (Wildman–Crippen LogP) is 3.59. The molecule has 4 rings (SSSR count). The Hall–Kier alpha value is -4.11. The summed E-state index contributed by atoms with van der Waals surface area (Å²) in [5.74, 6) is 0.449. The van der Waals surface area contributed by atoms with E-state index >= 15 is 0 Å². The minimum atomic E-state index is -0.777. The molecular weight excluding hydrogens is 462 g/mol. The molecule has 0 aliphatic heterocycles. The zero-order valence-corrected chi connectivity index (χ0v) is 20.5. The van der Waals surface area contributed by atoms with Crippen LogP contribution in [0.3, 0.4) is 0 Å². The molecule has 2 aromatic carbocycles. The highest BCUT2D eigenvalue weighted by Crippen LogP contribution is 2.30. The standard InChI is InChI=1S/C27H29N3O6/c1-17(31)13-14-34-25-12-11-24(19(3)28-25)23-6-4-5-21(18(23)2)16-35-22-9-7-20(8-10-22)15-30-26(32)29-27(33)36-30/h4-12,17,31H,13-16H2,1-3H3,(H,29,32,33)/t17-/m0/s1. The first-order valence-corrected chi connectivity index (χ1v) is 11.7. The van der Waals surface area contributed by atoms with E-state index in [1.807, 2.05) is 55.5 Å². The summed E-state index contributed by atoms with van der Waals surface area (Å²) in [6.45, 7) is 6.70. The summed E-state index contributed by atoms with van der Waals surface area (Å²) in [5, 5.41) is 9.39. The van der Waals surface area contributed by atoms with Gasteiger partial charge in [0.05, 0.1) is 19.3 Å². The van der Waals surface area contributed by atoms with Crippen molar-refractivity contribution in [2.24, 2.45) is 0 Å². The number of hydrogen-bond acceptors (Lipinski definition) is 7. The molecular formula is C27H29N3O6. The van der Waals surface area contributed by atoms with E-state index in [1.54, 1.807) is 6.92 Å². The van der Waals surface area contributed by atoms with Crippen molar-refractivity contribution in [1.29, 1.82) is 0 Å². The molecule has 188 valence electrons. The molecule has 4 aromatic rings. The summed E-state index contributed by atoms with van der Waals surface area (Å²) in [7, 11) is 0. The van der Waals surface area contributed by atoms with Crippen molar-refractivity contribution >= 4 is 0 Å². The number of ether oxygens (including phenoxy) is 2. The predicted molar refractivity (Wildman–Crippen MR) is 134 cm³/mol. The van der Waals surface area contributed by atoms with Crippen LogP contribution in [0.4, 0.5) is 0 Å². The van der Waals surface area contributed by atoms with E-state index in [2.05, 4.69) is 23.0 Å². The molecule has 0 unspecified atom stereocenters. The number of nitrogens with one attached hydrogen (secondary N) is 1. The topological polar surface area (TPSA) is 120 Å². The molecule has 0 saturated carbocycles. The molecule has 9 nitrogen and oxygen atoms in total. The van der Waals surface area contributed by atoms with Crippen LogP contribution in [0, 0.1) is 13.8 Å². The Morgan fingerprint density at radius 2 is 1.81 bits per heavy atom. The van der Waals surface area contributed by atoms with Gasteiger partial charge in [-0.3, -0.25) is 0 Å². The average molecular weight is 492 g/mol. The third-order valence-electron chi connectivity index (χ3n) is 5.85. The van der Waals surface area contributed by atoms with E-state index in [9.17, 15) is 14.7 Å². The van der Waals surface area contributed by atoms with Crippen LogP contribution >= 0.6 is 0 Å².